The van der Waals surface area contributed by atoms with Crippen LogP contribution in [0, 0.1) is 0 Å². The molecule has 0 saturated carbocycles. The number of alkyl halides is 9. The second-order valence-corrected chi connectivity index (χ2v) is 7.29. The van der Waals surface area contributed by atoms with Crippen molar-refractivity contribution in [1.29, 1.82) is 0 Å². The van der Waals surface area contributed by atoms with Crippen molar-refractivity contribution in [2.45, 2.75) is 18.5 Å². The first-order valence-corrected chi connectivity index (χ1v) is 9.70. The molecule has 0 saturated heterocycles. The fourth-order valence-corrected chi connectivity index (χ4v) is 3.51. The van der Waals surface area contributed by atoms with Gasteiger partial charge in [-0.2, -0.15) is 39.5 Å². The number of aromatic carboxylic acids is 2. The number of ether oxygens (including phenoxy) is 1. The van der Waals surface area contributed by atoms with Crippen molar-refractivity contribution in [3.05, 3.63) is 82.4 Å². The predicted molar refractivity (Wildman–Crippen MR) is 107 cm³/mol. The molecule has 0 fully saturated rings. The zero-order valence-corrected chi connectivity index (χ0v) is 17.7. The van der Waals surface area contributed by atoms with Gasteiger partial charge in [-0.15, -0.1) is 0 Å². The van der Waals surface area contributed by atoms with Gasteiger partial charge in [-0.25, -0.2) is 9.59 Å². The lowest BCUT2D eigenvalue weighted by Crippen LogP contribution is -2.19. The minimum Gasteiger partial charge on any atom is -0.478 e. The normalized spacial score (nSPS) is 12.4. The summed E-state index contributed by atoms with van der Waals surface area (Å²) in [4.78, 5) is 22.8. The van der Waals surface area contributed by atoms with Crippen molar-refractivity contribution >= 4 is 11.9 Å². The van der Waals surface area contributed by atoms with Crippen LogP contribution in [0.1, 0.15) is 37.4 Å². The van der Waals surface area contributed by atoms with Crippen LogP contribution in [-0.2, 0) is 18.5 Å². The second kappa shape index (κ2) is 9.33. The average Bonchev–Trinajstić information content (AvgIpc) is 2.76. The molecule has 0 amide bonds. The zero-order chi connectivity index (χ0) is 27.9. The average molecular weight is 538 g/mol. The van der Waals surface area contributed by atoms with Crippen LogP contribution in [0.5, 0.6) is 11.5 Å². The maximum absolute atomic E-state index is 13.9. The number of carboxylic acids is 2. The van der Waals surface area contributed by atoms with Crippen LogP contribution in [0.3, 0.4) is 0 Å². The van der Waals surface area contributed by atoms with E-state index in [1.165, 1.54) is 0 Å². The van der Waals surface area contributed by atoms with Crippen LogP contribution in [0.25, 0.3) is 11.1 Å². The van der Waals surface area contributed by atoms with E-state index in [4.69, 9.17) is 9.84 Å². The largest absolute Gasteiger partial charge is 0.478 e. The van der Waals surface area contributed by atoms with Gasteiger partial charge in [0.15, 0.2) is 0 Å². The first-order chi connectivity index (χ1) is 16.9. The van der Waals surface area contributed by atoms with Gasteiger partial charge in [0.05, 0.1) is 22.3 Å². The molecule has 0 atom stereocenters. The van der Waals surface area contributed by atoms with Crippen molar-refractivity contribution in [2.75, 3.05) is 0 Å². The summed E-state index contributed by atoms with van der Waals surface area (Å²) in [6.07, 6.45) is -16.1. The highest BCUT2D eigenvalue weighted by Gasteiger charge is 2.43. The first kappa shape index (κ1) is 27.4. The molecule has 0 aliphatic carbocycles. The molecule has 0 aromatic heterocycles. The molecule has 5 nitrogen and oxygen atoms in total. The lowest BCUT2D eigenvalue weighted by atomic mass is 9.95. The summed E-state index contributed by atoms with van der Waals surface area (Å²) in [5.41, 5.74) is -10.4. The summed E-state index contributed by atoms with van der Waals surface area (Å²) in [6.45, 7) is 0. The van der Waals surface area contributed by atoms with Crippen LogP contribution in [0.2, 0.25) is 0 Å². The van der Waals surface area contributed by atoms with Gasteiger partial charge in [-0.3, -0.25) is 0 Å². The number of hydrogen-bond donors (Lipinski definition) is 2. The van der Waals surface area contributed by atoms with Gasteiger partial charge >= 0.3 is 30.5 Å². The van der Waals surface area contributed by atoms with E-state index in [1.54, 1.807) is 0 Å². The Kier molecular flexibility index (Phi) is 6.90. The van der Waals surface area contributed by atoms with Crippen LogP contribution < -0.4 is 4.74 Å². The Hall–Kier alpha value is -4.23. The molecular weight excluding hydrogens is 527 g/mol. The summed E-state index contributed by atoms with van der Waals surface area (Å²) in [5.74, 6) is -7.54. The van der Waals surface area contributed by atoms with Crippen LogP contribution >= 0.6 is 0 Å². The molecule has 0 radical (unpaired) electrons. The van der Waals surface area contributed by atoms with Crippen LogP contribution in [0.4, 0.5) is 39.5 Å². The number of carbonyl (C=O) groups is 2. The molecule has 0 unspecified atom stereocenters. The predicted octanol–water partition coefficient (Wildman–Crippen LogP) is 7.60. The van der Waals surface area contributed by atoms with E-state index in [0.717, 1.165) is 24.3 Å². The fourth-order valence-electron chi connectivity index (χ4n) is 3.51. The van der Waals surface area contributed by atoms with Gasteiger partial charge in [0.1, 0.15) is 17.1 Å². The number of carboxylic acid groups (broad SMARTS) is 2. The number of rotatable bonds is 5. The van der Waals surface area contributed by atoms with Gasteiger partial charge < -0.3 is 14.9 Å². The van der Waals surface area contributed by atoms with Crippen molar-refractivity contribution in [3.8, 4) is 22.6 Å². The monoisotopic (exact) mass is 538 g/mol. The van der Waals surface area contributed by atoms with Crippen LogP contribution in [-0.4, -0.2) is 22.2 Å². The number of halogens is 9. The molecule has 0 spiro atoms. The topological polar surface area (TPSA) is 83.8 Å². The summed E-state index contributed by atoms with van der Waals surface area (Å²) >= 11 is 0. The smallest absolute Gasteiger partial charge is 0.420 e. The van der Waals surface area contributed by atoms with Crippen molar-refractivity contribution < 1.29 is 64.1 Å². The molecule has 196 valence electrons. The third-order valence-electron chi connectivity index (χ3n) is 4.95. The number of benzene rings is 3. The molecule has 3 rings (SSSR count). The Morgan fingerprint density at radius 1 is 0.622 bits per heavy atom. The minimum absolute atomic E-state index is 0.269. The van der Waals surface area contributed by atoms with Gasteiger partial charge in [0.25, 0.3) is 0 Å². The van der Waals surface area contributed by atoms with Gasteiger partial charge in [0, 0.05) is 5.56 Å². The highest BCUT2D eigenvalue weighted by Crippen LogP contribution is 2.49. The maximum atomic E-state index is 13.9. The Balaban J connectivity index is 2.42. The van der Waals surface area contributed by atoms with Gasteiger partial charge in [-0.05, 0) is 29.8 Å². The zero-order valence-electron chi connectivity index (χ0n) is 17.7. The first-order valence-electron chi connectivity index (χ1n) is 9.70. The Morgan fingerprint density at radius 2 is 1.16 bits per heavy atom. The SMILES string of the molecule is O=C(O)c1ccc(Oc2c(-c3ccccc3C(F)(F)F)cccc2C(F)(F)F)c(C(F)(F)F)c1C(=O)O. The molecule has 37 heavy (non-hydrogen) atoms. The molecule has 0 aliphatic rings. The number of hydrogen-bond acceptors (Lipinski definition) is 3. The lowest BCUT2D eigenvalue weighted by molar-refractivity contribution is -0.140. The quantitative estimate of drug-likeness (QED) is 0.327. The Bertz CT molecular complexity index is 1370. The minimum atomic E-state index is -5.66. The lowest BCUT2D eigenvalue weighted by Gasteiger charge is -2.22. The standard InChI is InChI=1S/C23H11F9O5/c24-21(25,26)13-6-2-1-4-10(13)11-5-3-7-14(22(27,28)29)18(11)37-15-9-8-12(19(33)34)16(20(35)36)17(15)23(30,31)32/h1-9H,(H,33,34)(H,35,36). The summed E-state index contributed by atoms with van der Waals surface area (Å²) < 4.78 is 129. The van der Waals surface area contributed by atoms with E-state index >= 15 is 0 Å². The second-order valence-electron chi connectivity index (χ2n) is 7.29. The molecule has 0 aliphatic heterocycles. The van der Waals surface area contributed by atoms with Crippen molar-refractivity contribution in [1.82, 2.24) is 0 Å². The fraction of sp³-hybridized carbons (Fsp3) is 0.130. The van der Waals surface area contributed by atoms with Crippen molar-refractivity contribution in [3.63, 3.8) is 0 Å². The summed E-state index contributed by atoms with van der Waals surface area (Å²) in [7, 11) is 0. The molecular formula is C23H11F9O5. The molecule has 0 heterocycles. The third-order valence-corrected chi connectivity index (χ3v) is 4.95. The summed E-state index contributed by atoms with van der Waals surface area (Å²) in [5, 5.41) is 18.4. The van der Waals surface area contributed by atoms with Gasteiger partial charge in [0.2, 0.25) is 0 Å². The Labute approximate surface area is 200 Å². The third kappa shape index (κ3) is 5.47. The summed E-state index contributed by atoms with van der Waals surface area (Å²) in [6, 6.07) is 5.70. The highest BCUT2D eigenvalue weighted by atomic mass is 19.4. The molecule has 2 N–H and O–H groups in total. The van der Waals surface area contributed by atoms with E-state index in [0.29, 0.717) is 24.3 Å². The van der Waals surface area contributed by atoms with E-state index in [-0.39, 0.29) is 6.07 Å². The maximum Gasteiger partial charge on any atom is 0.420 e. The molecule has 0 bridgehead atoms. The van der Waals surface area contributed by atoms with Crippen molar-refractivity contribution in [2.24, 2.45) is 0 Å². The molecule has 14 heteroatoms. The number of para-hydroxylation sites is 1. The molecule has 3 aromatic carbocycles. The van der Waals surface area contributed by atoms with Gasteiger partial charge in [-0.1, -0.05) is 30.3 Å². The Morgan fingerprint density at radius 3 is 1.68 bits per heavy atom. The highest BCUT2D eigenvalue weighted by molar-refractivity contribution is 6.03. The van der Waals surface area contributed by atoms with Crippen LogP contribution in [0.15, 0.2) is 54.6 Å². The van der Waals surface area contributed by atoms with E-state index in [1.807, 2.05) is 0 Å². The molecule has 3 aromatic rings. The van der Waals surface area contributed by atoms with E-state index < -0.39 is 80.9 Å². The van der Waals surface area contributed by atoms with E-state index in [9.17, 15) is 54.2 Å². The van der Waals surface area contributed by atoms with E-state index in [2.05, 4.69) is 0 Å².